The molecule has 0 saturated carbocycles. The molecule has 142 valence electrons. The number of nitrogens with one attached hydrogen (secondary N) is 1. The zero-order valence-electron chi connectivity index (χ0n) is 15.3. The fourth-order valence-corrected chi connectivity index (χ4v) is 3.43. The van der Waals surface area contributed by atoms with E-state index in [-0.39, 0.29) is 11.4 Å². The summed E-state index contributed by atoms with van der Waals surface area (Å²) in [5.74, 6) is 0.374. The molecular formula is C18H21FN6O2. The van der Waals surface area contributed by atoms with Crippen molar-refractivity contribution in [2.24, 2.45) is 14.1 Å². The highest BCUT2D eigenvalue weighted by atomic mass is 19.1. The Morgan fingerprint density at radius 3 is 2.37 bits per heavy atom. The van der Waals surface area contributed by atoms with Crippen molar-refractivity contribution < 1.29 is 4.39 Å². The van der Waals surface area contributed by atoms with Crippen LogP contribution in [-0.2, 0) is 20.6 Å². The maximum Gasteiger partial charge on any atom is 0.332 e. The first-order valence-corrected chi connectivity index (χ1v) is 8.81. The van der Waals surface area contributed by atoms with Crippen LogP contribution in [0.5, 0.6) is 0 Å². The lowest BCUT2D eigenvalue weighted by molar-refractivity contribution is 0.249. The molecule has 1 saturated heterocycles. The minimum absolute atomic E-state index is 0.228. The Hall–Kier alpha value is -2.94. The summed E-state index contributed by atoms with van der Waals surface area (Å²) in [4.78, 5) is 36.3. The molecule has 1 aliphatic heterocycles. The number of fused-ring (bicyclic) bond motifs is 1. The minimum Gasteiger partial charge on any atom is -0.340 e. The van der Waals surface area contributed by atoms with Gasteiger partial charge in [0.2, 0.25) is 5.95 Å². The molecule has 3 aromatic rings. The summed E-state index contributed by atoms with van der Waals surface area (Å²) >= 11 is 0. The van der Waals surface area contributed by atoms with Crippen molar-refractivity contribution in [3.63, 3.8) is 0 Å². The van der Waals surface area contributed by atoms with Crippen molar-refractivity contribution >= 4 is 17.1 Å². The van der Waals surface area contributed by atoms with Gasteiger partial charge in [0, 0.05) is 46.8 Å². The summed E-state index contributed by atoms with van der Waals surface area (Å²) in [6.07, 6.45) is 0. The van der Waals surface area contributed by atoms with Crippen LogP contribution < -0.4 is 16.1 Å². The molecule has 1 aliphatic rings. The van der Waals surface area contributed by atoms with Crippen LogP contribution in [0.4, 0.5) is 10.3 Å². The largest absolute Gasteiger partial charge is 0.340 e. The van der Waals surface area contributed by atoms with E-state index in [4.69, 9.17) is 0 Å². The Labute approximate surface area is 154 Å². The Morgan fingerprint density at radius 2 is 1.70 bits per heavy atom. The second kappa shape index (κ2) is 6.66. The normalized spacial score (nSPS) is 15.6. The number of rotatable bonds is 3. The smallest absolute Gasteiger partial charge is 0.332 e. The Bertz CT molecular complexity index is 1090. The lowest BCUT2D eigenvalue weighted by atomic mass is 10.2. The molecule has 3 heterocycles. The molecule has 9 heteroatoms. The van der Waals surface area contributed by atoms with Gasteiger partial charge >= 0.3 is 5.69 Å². The number of benzene rings is 1. The summed E-state index contributed by atoms with van der Waals surface area (Å²) in [6.45, 7) is 3.91. The van der Waals surface area contributed by atoms with Crippen molar-refractivity contribution in [3.8, 4) is 0 Å². The van der Waals surface area contributed by atoms with Gasteiger partial charge in [0.05, 0.1) is 0 Å². The van der Waals surface area contributed by atoms with E-state index in [1.54, 1.807) is 19.2 Å². The molecule has 0 spiro atoms. The van der Waals surface area contributed by atoms with Crippen LogP contribution in [0.3, 0.4) is 0 Å². The highest BCUT2D eigenvalue weighted by Crippen LogP contribution is 2.16. The van der Waals surface area contributed by atoms with Crippen LogP contribution in [0, 0.1) is 5.82 Å². The van der Waals surface area contributed by atoms with E-state index < -0.39 is 5.69 Å². The number of aromatic nitrogens is 4. The zero-order valence-corrected chi connectivity index (χ0v) is 15.3. The quantitative estimate of drug-likeness (QED) is 0.721. The number of anilines is 1. The van der Waals surface area contributed by atoms with Crippen molar-refractivity contribution in [1.29, 1.82) is 0 Å². The number of H-pyrrole nitrogens is 1. The summed E-state index contributed by atoms with van der Waals surface area (Å²) in [6, 6.07) is 6.56. The average molecular weight is 372 g/mol. The van der Waals surface area contributed by atoms with Crippen molar-refractivity contribution in [2.45, 2.75) is 6.54 Å². The molecule has 0 bridgehead atoms. The molecule has 0 unspecified atom stereocenters. The van der Waals surface area contributed by atoms with Crippen molar-refractivity contribution in [1.82, 2.24) is 24.0 Å². The van der Waals surface area contributed by atoms with Crippen LogP contribution in [0.15, 0.2) is 33.9 Å². The van der Waals surface area contributed by atoms with E-state index in [2.05, 4.69) is 19.8 Å². The molecule has 8 nitrogen and oxygen atoms in total. The van der Waals surface area contributed by atoms with E-state index >= 15 is 0 Å². The van der Waals surface area contributed by atoms with Gasteiger partial charge in [0.1, 0.15) is 5.82 Å². The standard InChI is InChI=1S/C18H21FN6O2/c1-22-15-14(16(26)23(2)18(22)27)20-17(21-15)25-9-7-24(8-10-25)11-12-3-5-13(19)6-4-12/h3-6H,7-11H2,1-2H3,(H,20,21). The van der Waals surface area contributed by atoms with Gasteiger partial charge in [-0.2, -0.15) is 4.98 Å². The Morgan fingerprint density at radius 1 is 1.04 bits per heavy atom. The predicted octanol–water partition coefficient (Wildman–Crippen LogP) is 0.422. The first-order chi connectivity index (χ1) is 12.9. The first-order valence-electron chi connectivity index (χ1n) is 8.81. The maximum atomic E-state index is 13.0. The van der Waals surface area contributed by atoms with Gasteiger partial charge in [0.15, 0.2) is 11.2 Å². The number of aryl methyl sites for hydroxylation is 1. The van der Waals surface area contributed by atoms with E-state index in [1.165, 1.54) is 23.7 Å². The van der Waals surface area contributed by atoms with E-state index in [0.717, 1.165) is 42.9 Å². The topological polar surface area (TPSA) is 79.2 Å². The molecule has 0 radical (unpaired) electrons. The summed E-state index contributed by atoms with van der Waals surface area (Å²) in [7, 11) is 3.06. The van der Waals surface area contributed by atoms with E-state index in [0.29, 0.717) is 17.1 Å². The lowest BCUT2D eigenvalue weighted by Crippen LogP contribution is -2.46. The molecule has 0 atom stereocenters. The van der Waals surface area contributed by atoms with Crippen LogP contribution in [-0.4, -0.2) is 50.2 Å². The van der Waals surface area contributed by atoms with Crippen molar-refractivity contribution in [2.75, 3.05) is 31.1 Å². The second-order valence-corrected chi connectivity index (χ2v) is 6.85. The van der Waals surface area contributed by atoms with Crippen LogP contribution in [0.2, 0.25) is 0 Å². The fourth-order valence-electron chi connectivity index (χ4n) is 3.43. The van der Waals surface area contributed by atoms with Crippen LogP contribution in [0.1, 0.15) is 5.56 Å². The number of piperazine rings is 1. The average Bonchev–Trinajstić information content (AvgIpc) is 3.13. The first kappa shape index (κ1) is 17.5. The Balaban J connectivity index is 1.50. The monoisotopic (exact) mass is 372 g/mol. The van der Waals surface area contributed by atoms with Gasteiger partial charge in [0.25, 0.3) is 5.56 Å². The lowest BCUT2D eigenvalue weighted by Gasteiger charge is -2.34. The van der Waals surface area contributed by atoms with Crippen LogP contribution in [0.25, 0.3) is 11.2 Å². The fraction of sp³-hybridized carbons (Fsp3) is 0.389. The Kier molecular flexibility index (Phi) is 4.31. The molecular weight excluding hydrogens is 351 g/mol. The molecule has 1 N–H and O–H groups in total. The molecule has 27 heavy (non-hydrogen) atoms. The third-order valence-corrected chi connectivity index (χ3v) is 5.07. The third-order valence-electron chi connectivity index (χ3n) is 5.07. The van der Waals surface area contributed by atoms with Crippen molar-refractivity contribution in [3.05, 3.63) is 56.5 Å². The van der Waals surface area contributed by atoms with Gasteiger partial charge in [-0.25, -0.2) is 9.18 Å². The number of hydrogen-bond acceptors (Lipinski definition) is 5. The van der Waals surface area contributed by atoms with E-state index in [1.807, 2.05) is 0 Å². The maximum absolute atomic E-state index is 13.0. The number of imidazole rings is 1. The minimum atomic E-state index is -0.394. The molecule has 1 fully saturated rings. The van der Waals surface area contributed by atoms with Gasteiger partial charge in [-0.15, -0.1) is 0 Å². The molecule has 2 aromatic heterocycles. The number of hydrogen-bond donors (Lipinski definition) is 1. The van der Waals surface area contributed by atoms with Gasteiger partial charge in [-0.3, -0.25) is 18.8 Å². The van der Waals surface area contributed by atoms with Crippen LogP contribution >= 0.6 is 0 Å². The second-order valence-electron chi connectivity index (χ2n) is 6.85. The predicted molar refractivity (Wildman–Crippen MR) is 100 cm³/mol. The molecule has 0 aliphatic carbocycles. The SMILES string of the molecule is Cn1c(=O)c2[nH]c(N3CCN(Cc4ccc(F)cc4)CC3)nc2n(C)c1=O. The molecule has 1 aromatic carbocycles. The highest BCUT2D eigenvalue weighted by Gasteiger charge is 2.21. The summed E-state index contributed by atoms with van der Waals surface area (Å²) < 4.78 is 15.5. The highest BCUT2D eigenvalue weighted by molar-refractivity contribution is 5.73. The molecule has 4 rings (SSSR count). The molecule has 0 amide bonds. The van der Waals surface area contributed by atoms with Gasteiger partial charge in [-0.1, -0.05) is 12.1 Å². The summed E-state index contributed by atoms with van der Waals surface area (Å²) in [5.41, 5.74) is 1.01. The van der Waals surface area contributed by atoms with Gasteiger partial charge in [-0.05, 0) is 17.7 Å². The number of halogens is 1. The van der Waals surface area contributed by atoms with E-state index in [9.17, 15) is 14.0 Å². The third kappa shape index (κ3) is 3.14. The zero-order chi connectivity index (χ0) is 19.1. The van der Waals surface area contributed by atoms with Gasteiger partial charge < -0.3 is 9.88 Å². The summed E-state index contributed by atoms with van der Waals surface area (Å²) in [5, 5.41) is 0. The number of aromatic amines is 1. The number of nitrogens with zero attached hydrogens (tertiary/aromatic N) is 5.